The number of rotatable bonds is 6. The average Bonchev–Trinajstić information content (AvgIpc) is 3.05. The van der Waals surface area contributed by atoms with E-state index in [0.717, 1.165) is 21.8 Å². The minimum Gasteiger partial charge on any atom is -0.491 e. The lowest BCUT2D eigenvalue weighted by atomic mass is 10.1. The number of aromatic nitrogens is 2. The minimum atomic E-state index is -0.709. The van der Waals surface area contributed by atoms with Crippen molar-refractivity contribution in [3.8, 4) is 5.75 Å². The Morgan fingerprint density at radius 3 is 2.61 bits per heavy atom. The van der Waals surface area contributed by atoms with Crippen LogP contribution in [0.15, 0.2) is 66.9 Å². The van der Waals surface area contributed by atoms with Crippen LogP contribution in [0, 0.1) is 0 Å². The Labute approximate surface area is 161 Å². The molecule has 0 spiro atoms. The van der Waals surface area contributed by atoms with Gasteiger partial charge in [-0.25, -0.2) is 9.78 Å². The fourth-order valence-corrected chi connectivity index (χ4v) is 3.33. The number of pyridine rings is 1. The van der Waals surface area contributed by atoms with E-state index in [-0.39, 0.29) is 12.3 Å². The quantitative estimate of drug-likeness (QED) is 0.522. The molecule has 0 aliphatic heterocycles. The van der Waals surface area contributed by atoms with Crippen LogP contribution in [0.25, 0.3) is 21.8 Å². The van der Waals surface area contributed by atoms with Gasteiger partial charge in [0.1, 0.15) is 24.2 Å². The van der Waals surface area contributed by atoms with E-state index in [1.54, 1.807) is 12.3 Å². The van der Waals surface area contributed by atoms with Crippen LogP contribution in [0.4, 0.5) is 0 Å². The van der Waals surface area contributed by atoms with Crippen LogP contribution < -0.4 is 4.74 Å². The Kier molecular flexibility index (Phi) is 4.95. The van der Waals surface area contributed by atoms with Gasteiger partial charge in [0.2, 0.25) is 0 Å². The lowest BCUT2D eigenvalue weighted by Gasteiger charge is -2.15. The van der Waals surface area contributed by atoms with Gasteiger partial charge in [-0.05, 0) is 24.3 Å². The van der Waals surface area contributed by atoms with Crippen molar-refractivity contribution in [2.24, 2.45) is 0 Å². The lowest BCUT2D eigenvalue weighted by Crippen LogP contribution is -2.23. The van der Waals surface area contributed by atoms with E-state index >= 15 is 0 Å². The normalized spacial score (nSPS) is 12.2. The smallest absolute Gasteiger partial charge is 0.356 e. The summed E-state index contributed by atoms with van der Waals surface area (Å²) in [7, 11) is 1.33. The summed E-state index contributed by atoms with van der Waals surface area (Å²) in [5.41, 5.74) is 2.05. The molecule has 0 saturated heterocycles. The highest BCUT2D eigenvalue weighted by atomic mass is 16.5. The van der Waals surface area contributed by atoms with E-state index in [1.165, 1.54) is 7.11 Å². The highest BCUT2D eigenvalue weighted by Crippen LogP contribution is 2.29. The number of nitrogens with zero attached hydrogens (tertiary/aromatic N) is 2. The van der Waals surface area contributed by atoms with Crippen molar-refractivity contribution in [1.29, 1.82) is 0 Å². The summed E-state index contributed by atoms with van der Waals surface area (Å²) < 4.78 is 12.4. The Morgan fingerprint density at radius 1 is 1.07 bits per heavy atom. The average molecular weight is 376 g/mol. The van der Waals surface area contributed by atoms with Crippen LogP contribution in [-0.2, 0) is 11.3 Å². The maximum absolute atomic E-state index is 11.8. The number of aliphatic hydroxyl groups excluding tert-OH is 1. The second-order valence-electron chi connectivity index (χ2n) is 6.48. The van der Waals surface area contributed by atoms with Crippen molar-refractivity contribution >= 4 is 27.8 Å². The van der Waals surface area contributed by atoms with Gasteiger partial charge < -0.3 is 19.1 Å². The van der Waals surface area contributed by atoms with Gasteiger partial charge in [-0.2, -0.15) is 0 Å². The van der Waals surface area contributed by atoms with Crippen molar-refractivity contribution < 1.29 is 19.4 Å². The first-order valence-corrected chi connectivity index (χ1v) is 8.98. The molecule has 4 aromatic rings. The third kappa shape index (κ3) is 3.42. The molecule has 1 N–H and O–H groups in total. The molecule has 0 amide bonds. The second kappa shape index (κ2) is 7.70. The molecule has 2 aromatic carbocycles. The van der Waals surface area contributed by atoms with Crippen molar-refractivity contribution in [3.63, 3.8) is 0 Å². The molecular weight excluding hydrogens is 356 g/mol. The summed E-state index contributed by atoms with van der Waals surface area (Å²) >= 11 is 0. The standard InChI is InChI=1S/C22H20N2O4/c1-27-22(26)19-11-18-17-9-5-6-10-20(17)24(21(18)12-23-19)13-15(25)14-28-16-7-3-2-4-8-16/h2-12,15,25H,13-14H2,1H3. The number of fused-ring (bicyclic) bond motifs is 3. The Balaban J connectivity index is 1.66. The van der Waals surface area contributed by atoms with Gasteiger partial charge in [-0.15, -0.1) is 0 Å². The molecule has 0 saturated carbocycles. The molecule has 0 fully saturated rings. The Hall–Kier alpha value is -3.38. The van der Waals surface area contributed by atoms with Crippen LogP contribution >= 0.6 is 0 Å². The zero-order valence-electron chi connectivity index (χ0n) is 15.4. The van der Waals surface area contributed by atoms with Gasteiger partial charge >= 0.3 is 5.97 Å². The zero-order chi connectivity index (χ0) is 19.5. The number of hydrogen-bond acceptors (Lipinski definition) is 5. The first-order chi connectivity index (χ1) is 13.7. The number of hydrogen-bond donors (Lipinski definition) is 1. The monoisotopic (exact) mass is 376 g/mol. The van der Waals surface area contributed by atoms with Gasteiger partial charge in [0.15, 0.2) is 0 Å². The minimum absolute atomic E-state index is 0.172. The molecule has 1 unspecified atom stereocenters. The summed E-state index contributed by atoms with van der Waals surface area (Å²) in [4.78, 5) is 16.1. The summed E-state index contributed by atoms with van der Waals surface area (Å²) in [6, 6.07) is 19.0. The molecule has 0 aliphatic rings. The number of ether oxygens (including phenoxy) is 2. The number of methoxy groups -OCH3 is 1. The molecule has 28 heavy (non-hydrogen) atoms. The molecular formula is C22H20N2O4. The third-order valence-corrected chi connectivity index (χ3v) is 4.63. The number of para-hydroxylation sites is 2. The van der Waals surface area contributed by atoms with Crippen molar-refractivity contribution in [1.82, 2.24) is 9.55 Å². The maximum Gasteiger partial charge on any atom is 0.356 e. The fourth-order valence-electron chi connectivity index (χ4n) is 3.33. The maximum atomic E-state index is 11.8. The first-order valence-electron chi connectivity index (χ1n) is 8.98. The lowest BCUT2D eigenvalue weighted by molar-refractivity contribution is 0.0594. The topological polar surface area (TPSA) is 73.6 Å². The molecule has 4 rings (SSSR count). The van der Waals surface area contributed by atoms with Crippen LogP contribution in [0.1, 0.15) is 10.5 Å². The van der Waals surface area contributed by atoms with Crippen molar-refractivity contribution in [3.05, 3.63) is 72.6 Å². The van der Waals surface area contributed by atoms with E-state index in [9.17, 15) is 9.90 Å². The van der Waals surface area contributed by atoms with E-state index in [4.69, 9.17) is 9.47 Å². The second-order valence-corrected chi connectivity index (χ2v) is 6.48. The molecule has 2 aromatic heterocycles. The van der Waals surface area contributed by atoms with Crippen LogP contribution in [0.5, 0.6) is 5.75 Å². The Bertz CT molecular complexity index is 1120. The highest BCUT2D eigenvalue weighted by Gasteiger charge is 2.17. The number of aliphatic hydroxyl groups is 1. The first kappa shape index (κ1) is 18.0. The molecule has 0 radical (unpaired) electrons. The Morgan fingerprint density at radius 2 is 1.82 bits per heavy atom. The number of carbonyl (C=O) groups is 1. The van der Waals surface area contributed by atoms with E-state index in [0.29, 0.717) is 12.3 Å². The van der Waals surface area contributed by atoms with Gasteiger partial charge in [0.25, 0.3) is 0 Å². The van der Waals surface area contributed by atoms with Gasteiger partial charge in [-0.1, -0.05) is 36.4 Å². The van der Waals surface area contributed by atoms with Crippen molar-refractivity contribution in [2.75, 3.05) is 13.7 Å². The van der Waals surface area contributed by atoms with Crippen LogP contribution in [0.2, 0.25) is 0 Å². The number of benzene rings is 2. The van der Waals surface area contributed by atoms with E-state index in [2.05, 4.69) is 4.98 Å². The predicted octanol–water partition coefficient (Wildman–Crippen LogP) is 3.42. The van der Waals surface area contributed by atoms with Gasteiger partial charge in [-0.3, -0.25) is 0 Å². The van der Waals surface area contributed by atoms with Crippen LogP contribution in [-0.4, -0.2) is 40.4 Å². The largest absolute Gasteiger partial charge is 0.491 e. The number of carbonyl (C=O) groups excluding carboxylic acids is 1. The molecule has 6 nitrogen and oxygen atoms in total. The van der Waals surface area contributed by atoms with Crippen LogP contribution in [0.3, 0.4) is 0 Å². The van der Waals surface area contributed by atoms with Gasteiger partial charge in [0.05, 0.1) is 25.4 Å². The summed E-state index contributed by atoms with van der Waals surface area (Å²) in [6.07, 6.45) is 0.936. The zero-order valence-corrected chi connectivity index (χ0v) is 15.4. The molecule has 1 atom stereocenters. The predicted molar refractivity (Wildman–Crippen MR) is 107 cm³/mol. The number of esters is 1. The third-order valence-electron chi connectivity index (χ3n) is 4.63. The summed E-state index contributed by atoms with van der Waals surface area (Å²) in [6.45, 7) is 0.516. The SMILES string of the molecule is COC(=O)c1cc2c3ccccc3n(CC(O)COc3ccccc3)c2cn1. The molecule has 0 aliphatic carbocycles. The summed E-state index contributed by atoms with van der Waals surface area (Å²) in [5, 5.41) is 12.4. The highest BCUT2D eigenvalue weighted by molar-refractivity contribution is 6.09. The fraction of sp³-hybridized carbons (Fsp3) is 0.182. The van der Waals surface area contributed by atoms with Gasteiger partial charge in [0, 0.05) is 16.3 Å². The molecule has 142 valence electrons. The van der Waals surface area contributed by atoms with E-state index in [1.807, 2.05) is 59.2 Å². The molecule has 2 heterocycles. The summed E-state index contributed by atoms with van der Waals surface area (Å²) in [5.74, 6) is 0.239. The van der Waals surface area contributed by atoms with Crippen molar-refractivity contribution in [2.45, 2.75) is 12.6 Å². The van der Waals surface area contributed by atoms with E-state index < -0.39 is 12.1 Å². The molecule has 0 bridgehead atoms. The molecule has 6 heteroatoms.